The molecule has 1 saturated carbocycles. The second-order valence-electron chi connectivity index (χ2n) is 5.52. The summed E-state index contributed by atoms with van der Waals surface area (Å²) in [6, 6.07) is 8.46. The Morgan fingerprint density at radius 2 is 1.90 bits per heavy atom. The van der Waals surface area contributed by atoms with E-state index in [1.165, 1.54) is 12.8 Å². The molecule has 5 nitrogen and oxygen atoms in total. The van der Waals surface area contributed by atoms with Gasteiger partial charge in [0.1, 0.15) is 6.10 Å². The lowest BCUT2D eigenvalue weighted by molar-refractivity contribution is 0.215. The van der Waals surface area contributed by atoms with Gasteiger partial charge in [-0.1, -0.05) is 12.1 Å². The zero-order valence-electron chi connectivity index (χ0n) is 11.3. The molecule has 5 heteroatoms. The van der Waals surface area contributed by atoms with Crippen LogP contribution in [0.2, 0.25) is 0 Å². The summed E-state index contributed by atoms with van der Waals surface area (Å²) in [5.74, 6) is 1.43. The van der Waals surface area contributed by atoms with Crippen LogP contribution in [0.25, 0.3) is 11.0 Å². The van der Waals surface area contributed by atoms with Crippen molar-refractivity contribution in [2.45, 2.75) is 31.4 Å². The molecule has 2 aliphatic rings. The number of ether oxygens (including phenoxy) is 1. The van der Waals surface area contributed by atoms with E-state index in [4.69, 9.17) is 4.74 Å². The average molecular weight is 270 g/mol. The molecule has 4 rings (SSSR count). The third-order valence-corrected chi connectivity index (χ3v) is 3.75. The predicted molar refractivity (Wildman–Crippen MR) is 78.1 cm³/mol. The molecule has 0 unspecified atom stereocenters. The van der Waals surface area contributed by atoms with Crippen LogP contribution in [0.4, 0.5) is 5.82 Å². The topological polar surface area (TPSA) is 59.1 Å². The van der Waals surface area contributed by atoms with Crippen molar-refractivity contribution in [3.05, 3.63) is 24.3 Å². The van der Waals surface area contributed by atoms with Gasteiger partial charge in [0.2, 0.25) is 0 Å². The lowest BCUT2D eigenvalue weighted by atomic mass is 10.3. The van der Waals surface area contributed by atoms with E-state index < -0.39 is 0 Å². The number of benzene rings is 1. The minimum Gasteiger partial charge on any atom is -0.470 e. The first kappa shape index (κ1) is 11.9. The molecule has 2 N–H and O–H groups in total. The van der Waals surface area contributed by atoms with Gasteiger partial charge in [0.25, 0.3) is 5.88 Å². The summed E-state index contributed by atoms with van der Waals surface area (Å²) in [5.41, 5.74) is 1.79. The maximum Gasteiger partial charge on any atom is 0.258 e. The van der Waals surface area contributed by atoms with Gasteiger partial charge in [-0.2, -0.15) is 0 Å². The fraction of sp³-hybridized carbons (Fsp3) is 0.467. The molecule has 1 aromatic heterocycles. The highest BCUT2D eigenvalue weighted by Gasteiger charge is 2.25. The van der Waals surface area contributed by atoms with Crippen molar-refractivity contribution >= 4 is 16.9 Å². The van der Waals surface area contributed by atoms with Gasteiger partial charge in [-0.05, 0) is 37.9 Å². The van der Waals surface area contributed by atoms with Gasteiger partial charge < -0.3 is 15.4 Å². The smallest absolute Gasteiger partial charge is 0.258 e. The molecular formula is C15H18N4O. The van der Waals surface area contributed by atoms with E-state index in [1.54, 1.807) is 0 Å². The summed E-state index contributed by atoms with van der Waals surface area (Å²) in [7, 11) is 0. The van der Waals surface area contributed by atoms with E-state index in [-0.39, 0.29) is 6.10 Å². The highest BCUT2D eigenvalue weighted by atomic mass is 16.5. The van der Waals surface area contributed by atoms with Gasteiger partial charge in [-0.3, -0.25) is 0 Å². The van der Waals surface area contributed by atoms with E-state index in [2.05, 4.69) is 20.6 Å². The van der Waals surface area contributed by atoms with Crippen LogP contribution in [-0.4, -0.2) is 35.2 Å². The minimum atomic E-state index is 0.199. The third kappa shape index (κ3) is 2.41. The highest BCUT2D eigenvalue weighted by Crippen LogP contribution is 2.30. The molecule has 1 saturated heterocycles. The average Bonchev–Trinajstić information content (AvgIpc) is 3.13. The first-order valence-corrected chi connectivity index (χ1v) is 7.29. The summed E-state index contributed by atoms with van der Waals surface area (Å²) in [6.45, 7) is 1.90. The molecule has 2 heterocycles. The number of anilines is 1. The number of hydrogen-bond donors (Lipinski definition) is 2. The first-order valence-electron chi connectivity index (χ1n) is 7.29. The van der Waals surface area contributed by atoms with Crippen molar-refractivity contribution in [2.75, 3.05) is 18.4 Å². The zero-order valence-corrected chi connectivity index (χ0v) is 11.3. The summed E-state index contributed by atoms with van der Waals surface area (Å²) >= 11 is 0. The molecule has 0 amide bonds. The number of para-hydroxylation sites is 2. The standard InChI is InChI=1S/C15H18N4O/c1-2-4-13-12(3-1)18-14(17-10-5-6-10)15(19-13)20-11-7-8-16-9-11/h1-4,10-11,16H,5-9H2,(H,17,18)/t11-/m1/s1. The fourth-order valence-electron chi connectivity index (χ4n) is 2.47. The van der Waals surface area contributed by atoms with Gasteiger partial charge in [-0.25, -0.2) is 9.97 Å². The molecule has 1 aromatic carbocycles. The van der Waals surface area contributed by atoms with Crippen LogP contribution >= 0.6 is 0 Å². The normalized spacial score (nSPS) is 22.1. The monoisotopic (exact) mass is 270 g/mol. The first-order chi connectivity index (χ1) is 9.88. The molecule has 1 atom stereocenters. The maximum atomic E-state index is 6.04. The molecular weight excluding hydrogens is 252 g/mol. The largest absolute Gasteiger partial charge is 0.470 e. The number of fused-ring (bicyclic) bond motifs is 1. The summed E-state index contributed by atoms with van der Waals surface area (Å²) in [4.78, 5) is 9.32. The maximum absolute atomic E-state index is 6.04. The number of rotatable bonds is 4. The van der Waals surface area contributed by atoms with Crippen LogP contribution < -0.4 is 15.4 Å². The second kappa shape index (κ2) is 4.90. The van der Waals surface area contributed by atoms with Crippen molar-refractivity contribution in [3.8, 4) is 5.88 Å². The molecule has 104 valence electrons. The molecule has 1 aliphatic heterocycles. The fourth-order valence-corrected chi connectivity index (χ4v) is 2.47. The zero-order chi connectivity index (χ0) is 13.4. The van der Waals surface area contributed by atoms with Gasteiger partial charge in [-0.15, -0.1) is 0 Å². The minimum absolute atomic E-state index is 0.199. The Morgan fingerprint density at radius 3 is 2.60 bits per heavy atom. The van der Waals surface area contributed by atoms with E-state index in [0.29, 0.717) is 11.9 Å². The Morgan fingerprint density at radius 1 is 1.10 bits per heavy atom. The van der Waals surface area contributed by atoms with Gasteiger partial charge in [0.15, 0.2) is 5.82 Å². The van der Waals surface area contributed by atoms with E-state index in [1.807, 2.05) is 24.3 Å². The second-order valence-corrected chi connectivity index (χ2v) is 5.52. The molecule has 20 heavy (non-hydrogen) atoms. The number of nitrogens with zero attached hydrogens (tertiary/aromatic N) is 2. The number of aromatic nitrogens is 2. The van der Waals surface area contributed by atoms with E-state index in [9.17, 15) is 0 Å². The Bertz CT molecular complexity index is 620. The van der Waals surface area contributed by atoms with Gasteiger partial charge >= 0.3 is 0 Å². The highest BCUT2D eigenvalue weighted by molar-refractivity contribution is 5.77. The van der Waals surface area contributed by atoms with E-state index in [0.717, 1.165) is 36.4 Å². The molecule has 0 bridgehead atoms. The Hall–Kier alpha value is -1.88. The molecule has 2 fully saturated rings. The SMILES string of the molecule is c1ccc2nc(O[C@@H]3CCNC3)c(NC3CC3)nc2c1. The summed E-state index contributed by atoms with van der Waals surface area (Å²) in [6.07, 6.45) is 3.64. The van der Waals surface area contributed by atoms with Crippen molar-refractivity contribution < 1.29 is 4.74 Å². The number of hydrogen-bond acceptors (Lipinski definition) is 5. The van der Waals surface area contributed by atoms with Crippen LogP contribution in [0.1, 0.15) is 19.3 Å². The lowest BCUT2D eigenvalue weighted by Crippen LogP contribution is -2.21. The van der Waals surface area contributed by atoms with Crippen molar-refractivity contribution in [3.63, 3.8) is 0 Å². The van der Waals surface area contributed by atoms with Crippen LogP contribution in [0.5, 0.6) is 5.88 Å². The Balaban J connectivity index is 1.69. The van der Waals surface area contributed by atoms with Gasteiger partial charge in [0, 0.05) is 12.6 Å². The van der Waals surface area contributed by atoms with Crippen LogP contribution in [0.15, 0.2) is 24.3 Å². The third-order valence-electron chi connectivity index (χ3n) is 3.75. The van der Waals surface area contributed by atoms with Crippen molar-refractivity contribution in [1.29, 1.82) is 0 Å². The van der Waals surface area contributed by atoms with Gasteiger partial charge in [0.05, 0.1) is 11.0 Å². The van der Waals surface area contributed by atoms with E-state index >= 15 is 0 Å². The van der Waals surface area contributed by atoms with Crippen LogP contribution in [0.3, 0.4) is 0 Å². The molecule has 0 radical (unpaired) electrons. The lowest BCUT2D eigenvalue weighted by Gasteiger charge is -2.15. The molecule has 1 aliphatic carbocycles. The Labute approximate surface area is 117 Å². The predicted octanol–water partition coefficient (Wildman–Crippen LogP) is 1.94. The van der Waals surface area contributed by atoms with Crippen LogP contribution in [-0.2, 0) is 0 Å². The van der Waals surface area contributed by atoms with Crippen molar-refractivity contribution in [2.24, 2.45) is 0 Å². The molecule has 0 spiro atoms. The Kier molecular flexibility index (Phi) is 2.92. The van der Waals surface area contributed by atoms with Crippen LogP contribution in [0, 0.1) is 0 Å². The molecule has 2 aromatic rings. The quantitative estimate of drug-likeness (QED) is 0.889. The summed E-state index contributed by atoms with van der Waals surface area (Å²) in [5, 5.41) is 6.74. The summed E-state index contributed by atoms with van der Waals surface area (Å²) < 4.78 is 6.04. The number of nitrogens with one attached hydrogen (secondary N) is 2. The van der Waals surface area contributed by atoms with Crippen molar-refractivity contribution in [1.82, 2.24) is 15.3 Å².